The van der Waals surface area contributed by atoms with Gasteiger partial charge in [-0.2, -0.15) is 15.4 Å². The number of amides is 3. The van der Waals surface area contributed by atoms with Crippen molar-refractivity contribution in [1.82, 2.24) is 93.4 Å². The van der Waals surface area contributed by atoms with Crippen LogP contribution in [-0.4, -0.2) is 237 Å². The molecule has 664 valence electrons. The quantitative estimate of drug-likeness (QED) is 0.0199. The number of carbonyl (C=O) groups excluding carboxylic acids is 3. The molecule has 0 unspecified atom stereocenters. The van der Waals surface area contributed by atoms with Gasteiger partial charge in [0.1, 0.15) is 82.9 Å². The molecule has 11 heterocycles. The molecule has 5 aliphatic rings. The van der Waals surface area contributed by atoms with Gasteiger partial charge in [-0.3, -0.25) is 29.1 Å². The summed E-state index contributed by atoms with van der Waals surface area (Å²) in [7, 11) is 7.61. The predicted octanol–water partition coefficient (Wildman–Crippen LogP) is 14.2. The summed E-state index contributed by atoms with van der Waals surface area (Å²) in [4.78, 5) is 88.4. The summed E-state index contributed by atoms with van der Waals surface area (Å²) < 4.78 is 28.9. The van der Waals surface area contributed by atoms with Gasteiger partial charge in [0.25, 0.3) is 0 Å². The molecule has 31 nitrogen and oxygen atoms in total. The van der Waals surface area contributed by atoms with E-state index < -0.39 is 0 Å². The summed E-state index contributed by atoms with van der Waals surface area (Å²) in [5.41, 5.74) is 35.5. The maximum atomic E-state index is 13.1. The van der Waals surface area contributed by atoms with Gasteiger partial charge < -0.3 is 69.4 Å². The number of fused-ring (bicyclic) bond motifs is 3. The molecule has 0 radical (unpaired) electrons. The van der Waals surface area contributed by atoms with Crippen molar-refractivity contribution in [1.29, 1.82) is 0 Å². The fourth-order valence-corrected chi connectivity index (χ4v) is 16.9. The van der Waals surface area contributed by atoms with Gasteiger partial charge in [-0.15, -0.1) is 0 Å². The molecular formula is C95H121N23O8. The summed E-state index contributed by atoms with van der Waals surface area (Å²) in [5, 5.41) is 12.9. The zero-order chi connectivity index (χ0) is 85.6. The maximum Gasteiger partial charge on any atom is 0.246 e. The van der Waals surface area contributed by atoms with Gasteiger partial charge in [-0.25, -0.2) is 40.4 Å². The fraction of sp³-hybridized carbons (Fsp3) is 0.389. The van der Waals surface area contributed by atoms with Crippen LogP contribution in [0.4, 0.5) is 23.3 Å². The van der Waals surface area contributed by atoms with Gasteiger partial charge in [0, 0.05) is 156 Å². The topological polar surface area (TPSA) is 353 Å². The highest BCUT2D eigenvalue weighted by Gasteiger charge is 2.36. The number of hydrogen-bond donors (Lipinski definition) is 5. The number of carbonyl (C=O) groups is 3. The number of ether oxygens (including phenoxy) is 4. The number of methoxy groups -OCH3 is 2. The van der Waals surface area contributed by atoms with E-state index in [0.29, 0.717) is 107 Å². The molecule has 0 spiro atoms. The third-order valence-electron chi connectivity index (χ3n) is 23.6. The van der Waals surface area contributed by atoms with E-state index in [0.717, 1.165) is 158 Å². The molecule has 31 heteroatoms. The van der Waals surface area contributed by atoms with Crippen LogP contribution in [0.1, 0.15) is 114 Å². The van der Waals surface area contributed by atoms with Gasteiger partial charge >= 0.3 is 0 Å². The first kappa shape index (κ1) is 92.2. The SMILES string of the molecule is C.C.C.COCCN(C/C=C/C(=O)N1CC[C@@H](n2c(C)c(-c3ccc(Oc4ccccc4)cc3)c3c(N)ncnc32)C1)CCOC.Cc1c(-c2ccc(OCc3cn[nH]n3)cc2)c2c(N)ncnc2n1[C@@H]1CCN(C(=O)/C=C/CN(C)C2CC2)C1.Cc1ccnc(NOc2ccc(-c3c(C)n([C@@H]4CCN(C(=O)/C=C/CN(C)C5CC5)C4)c4ncnc(N)c34)cc2)c1. The van der Waals surface area contributed by atoms with Crippen LogP contribution in [0.2, 0.25) is 0 Å². The second-order valence-corrected chi connectivity index (χ2v) is 32.0. The number of pyridine rings is 1. The number of para-hydroxylation sites is 1. The number of nitrogens with one attached hydrogen (secondary N) is 2. The van der Waals surface area contributed by atoms with Crippen LogP contribution in [0.25, 0.3) is 66.5 Å². The molecule has 5 fully saturated rings. The minimum atomic E-state index is 0. The van der Waals surface area contributed by atoms with Gasteiger partial charge in [0.2, 0.25) is 17.7 Å². The third-order valence-corrected chi connectivity index (χ3v) is 23.6. The number of rotatable bonds is 31. The lowest BCUT2D eigenvalue weighted by atomic mass is 10.0. The van der Waals surface area contributed by atoms with E-state index in [1.165, 1.54) is 44.7 Å². The monoisotopic (exact) mass is 1710 g/mol. The first-order chi connectivity index (χ1) is 59.9. The average Bonchev–Trinajstić information content (AvgIpc) is 1.60. The number of benzene rings is 4. The van der Waals surface area contributed by atoms with Crippen LogP contribution in [0.3, 0.4) is 0 Å². The van der Waals surface area contributed by atoms with Crippen LogP contribution in [0.5, 0.6) is 23.0 Å². The largest absolute Gasteiger partial charge is 0.487 e. The number of nitrogens with two attached hydrogens (primary N) is 3. The van der Waals surface area contributed by atoms with E-state index in [9.17, 15) is 14.4 Å². The minimum absolute atomic E-state index is 0. The van der Waals surface area contributed by atoms with Crippen molar-refractivity contribution in [2.45, 2.75) is 132 Å². The molecule has 12 aromatic rings. The van der Waals surface area contributed by atoms with Crippen LogP contribution < -0.4 is 37.0 Å². The summed E-state index contributed by atoms with van der Waals surface area (Å²) in [6, 6.07) is 38.9. The number of H-pyrrole nitrogens is 1. The molecule has 2 aliphatic carbocycles. The number of aromatic nitrogens is 13. The molecule has 126 heavy (non-hydrogen) atoms. The maximum absolute atomic E-state index is 13.1. The number of likely N-dealkylation sites (tertiary alicyclic amines) is 3. The number of aryl methyl sites for hydroxylation is 1. The molecule has 8 N–H and O–H groups in total. The number of likely N-dealkylation sites (N-methyl/N-ethyl adjacent to an activating group) is 2. The Bertz CT molecular complexity index is 5720. The number of nitrogens with zero attached hydrogens (tertiary/aromatic N) is 18. The Hall–Kier alpha value is -12.9. The van der Waals surface area contributed by atoms with Crippen molar-refractivity contribution < 1.29 is 38.2 Å². The van der Waals surface area contributed by atoms with Crippen LogP contribution in [-0.2, 0) is 30.5 Å². The van der Waals surface area contributed by atoms with Gasteiger partial charge in [0.05, 0.1) is 53.7 Å². The number of anilines is 4. The van der Waals surface area contributed by atoms with Crippen molar-refractivity contribution in [2.24, 2.45) is 0 Å². The Balaban J connectivity index is 0.000000170. The predicted molar refractivity (Wildman–Crippen MR) is 497 cm³/mol. The molecular weight excluding hydrogens is 1590 g/mol. The Morgan fingerprint density at radius 3 is 1.30 bits per heavy atom. The number of aromatic amines is 1. The van der Waals surface area contributed by atoms with E-state index in [-0.39, 0.29) is 58.1 Å². The smallest absolute Gasteiger partial charge is 0.246 e. The minimum Gasteiger partial charge on any atom is -0.487 e. The number of nitrogen functional groups attached to an aromatic ring is 3. The summed E-state index contributed by atoms with van der Waals surface area (Å²) in [5.74, 6) is 5.01. The van der Waals surface area contributed by atoms with Crippen molar-refractivity contribution in [3.05, 3.63) is 211 Å². The van der Waals surface area contributed by atoms with E-state index in [1.807, 2.05) is 155 Å². The van der Waals surface area contributed by atoms with Crippen LogP contribution in [0, 0.1) is 27.7 Å². The van der Waals surface area contributed by atoms with E-state index >= 15 is 0 Å². The third kappa shape index (κ3) is 21.7. The Morgan fingerprint density at radius 2 is 0.905 bits per heavy atom. The lowest BCUT2D eigenvalue weighted by Gasteiger charge is -2.20. The zero-order valence-electron chi connectivity index (χ0n) is 71.1. The van der Waals surface area contributed by atoms with Crippen LogP contribution >= 0.6 is 0 Å². The molecule has 3 amide bonds. The van der Waals surface area contributed by atoms with Crippen molar-refractivity contribution in [3.63, 3.8) is 0 Å². The molecule has 3 aliphatic heterocycles. The first-order valence-electron chi connectivity index (χ1n) is 42.0. The highest BCUT2D eigenvalue weighted by molar-refractivity contribution is 6.05. The Kier molecular flexibility index (Phi) is 31.2. The van der Waals surface area contributed by atoms with Gasteiger partial charge in [0.15, 0.2) is 11.6 Å². The second kappa shape index (κ2) is 42.6. The molecule has 17 rings (SSSR count). The fourth-order valence-electron chi connectivity index (χ4n) is 16.9. The molecule has 8 aromatic heterocycles. The molecule has 3 atom stereocenters. The lowest BCUT2D eigenvalue weighted by molar-refractivity contribution is -0.125. The first-order valence-corrected chi connectivity index (χ1v) is 42.0. The highest BCUT2D eigenvalue weighted by Crippen LogP contribution is 2.45. The summed E-state index contributed by atoms with van der Waals surface area (Å²) in [6.07, 6.45) is 26.5. The standard InChI is InChI=1S/C33H40N6O4.C31H36N8O2.C28H33N9O2.3CH4/c1-24-30(25-11-13-28(14-12-25)43-27-8-5-4-6-9-27)31-32(34)35-23-36-33(31)39(24)26-15-17-38(22-26)29(40)10-7-16-37(18-20-41-2)19-21-42-3;1-20-12-14-33-26(17-20)36-41-25-10-6-22(7-11-25)28-21(2)39(31-29(28)30(32)34-19-35-31)24-13-16-38(18-24)27(40)5-4-15-37(3)23-8-9-23;1-18-25(19-5-9-23(10-6-19)39-16-20-14-32-34-33-20)26-27(29)30-17-31-28(26)37(18)22-11-13-36(15-22)24(38)4-3-12-35(2)21-7-8-21;;;/h4-14,23,26H,15-22H2,1-3H3,(H2,34,35,36);4-7,10-12,14,17,19,23-24H,8-9,13,15-16,18H2,1-3H3,(H,33,36)(H2,32,34,35);3-6,9-10,14,17,21-22H,7-8,11-13,15-16H2,1-2H3,(H2,29,30,31)(H,32,33,34);3*1H4/b10-7+;5-4+;4-3+;;;/t26-;24-;22-;;;/m111.../s1. The van der Waals surface area contributed by atoms with Crippen molar-refractivity contribution in [3.8, 4) is 56.4 Å². The summed E-state index contributed by atoms with van der Waals surface area (Å²) in [6.45, 7) is 17.6. The molecule has 4 aromatic carbocycles. The highest BCUT2D eigenvalue weighted by atomic mass is 16.6. The van der Waals surface area contributed by atoms with E-state index in [4.69, 9.17) is 41.0 Å². The average molecular weight is 1710 g/mol. The lowest BCUT2D eigenvalue weighted by Crippen LogP contribution is -2.31. The molecule has 0 bridgehead atoms. The summed E-state index contributed by atoms with van der Waals surface area (Å²) >= 11 is 0. The molecule has 2 saturated carbocycles. The van der Waals surface area contributed by atoms with Gasteiger partial charge in [-0.05, 0) is 170 Å². The van der Waals surface area contributed by atoms with Crippen LogP contribution in [0.15, 0.2) is 183 Å². The Labute approximate surface area is 737 Å². The normalized spacial score (nSPS) is 16.2. The second-order valence-electron chi connectivity index (χ2n) is 32.0. The number of hydrogen-bond acceptors (Lipinski definition) is 24. The zero-order valence-corrected chi connectivity index (χ0v) is 71.1. The Morgan fingerprint density at radius 1 is 0.500 bits per heavy atom. The van der Waals surface area contributed by atoms with E-state index in [1.54, 1.807) is 44.8 Å². The molecule has 3 saturated heterocycles. The van der Waals surface area contributed by atoms with Crippen molar-refractivity contribution in [2.75, 3.05) is 136 Å². The van der Waals surface area contributed by atoms with Crippen molar-refractivity contribution >= 4 is 74.1 Å². The van der Waals surface area contributed by atoms with Gasteiger partial charge in [-0.1, -0.05) is 95.1 Å². The van der Waals surface area contributed by atoms with E-state index in [2.05, 4.69) is 119 Å².